The summed E-state index contributed by atoms with van der Waals surface area (Å²) in [7, 11) is 0. The van der Waals surface area contributed by atoms with E-state index in [1.54, 1.807) is 5.01 Å². The molecule has 0 amide bonds. The van der Waals surface area contributed by atoms with Gasteiger partial charge in [-0.15, -0.1) is 5.53 Å². The smallest absolute Gasteiger partial charge is 0.141 e. The predicted molar refractivity (Wildman–Crippen MR) is 37.7 cm³/mol. The van der Waals surface area contributed by atoms with E-state index < -0.39 is 0 Å². The second kappa shape index (κ2) is 2.65. The Hall–Kier alpha value is -0.450. The Morgan fingerprint density at radius 2 is 2.30 bits per heavy atom. The van der Waals surface area contributed by atoms with Crippen LogP contribution in [0.4, 0.5) is 0 Å². The maximum atomic E-state index is 8.84. The Morgan fingerprint density at radius 3 is 2.50 bits per heavy atom. The summed E-state index contributed by atoms with van der Waals surface area (Å²) in [5, 5.41) is 11.8. The number of hydrogen-bond acceptors (Lipinski definition) is 4. The maximum Gasteiger partial charge on any atom is 0.141 e. The Kier molecular flexibility index (Phi) is 2.03. The van der Waals surface area contributed by atoms with Gasteiger partial charge in [-0.05, 0) is 13.8 Å². The lowest BCUT2D eigenvalue weighted by atomic mass is 10.4. The van der Waals surface area contributed by atoms with Gasteiger partial charge in [-0.25, -0.2) is 0 Å². The monoisotopic (exact) mass is 163 g/mol. The van der Waals surface area contributed by atoms with Crippen LogP contribution in [0.3, 0.4) is 0 Å². The topological polar surface area (TPSA) is 38.7 Å². The number of hydrogen-bond donors (Lipinski definition) is 2. The summed E-state index contributed by atoms with van der Waals surface area (Å²) in [6.07, 6.45) is 1.39. The summed E-state index contributed by atoms with van der Waals surface area (Å²) >= 11 is 5.69. The lowest BCUT2D eigenvalue weighted by Crippen LogP contribution is -2.42. The van der Waals surface area contributed by atoms with E-state index in [9.17, 15) is 0 Å². The highest BCUT2D eigenvalue weighted by Gasteiger charge is 2.19. The number of nitrogens with one attached hydrogen (secondary N) is 1. The molecule has 0 spiro atoms. The summed E-state index contributed by atoms with van der Waals surface area (Å²) in [6, 6.07) is 0.223. The zero-order valence-corrected chi connectivity index (χ0v) is 6.63. The molecule has 0 saturated heterocycles. The van der Waals surface area contributed by atoms with Crippen molar-refractivity contribution in [3.8, 4) is 0 Å². The van der Waals surface area contributed by atoms with Crippen molar-refractivity contribution >= 4 is 11.6 Å². The van der Waals surface area contributed by atoms with Crippen LogP contribution in [0.25, 0.3) is 0 Å². The van der Waals surface area contributed by atoms with E-state index in [2.05, 4.69) is 5.53 Å². The van der Waals surface area contributed by atoms with Gasteiger partial charge in [-0.3, -0.25) is 10.2 Å². The van der Waals surface area contributed by atoms with Crippen molar-refractivity contribution in [2.75, 3.05) is 0 Å². The summed E-state index contributed by atoms with van der Waals surface area (Å²) in [4.78, 5) is 0. The van der Waals surface area contributed by atoms with Gasteiger partial charge in [-0.1, -0.05) is 11.6 Å². The lowest BCUT2D eigenvalue weighted by molar-refractivity contribution is -0.124. The van der Waals surface area contributed by atoms with E-state index >= 15 is 0 Å². The number of hydrazine groups is 2. The summed E-state index contributed by atoms with van der Waals surface area (Å²) in [5.74, 6) is 0. The zero-order valence-electron chi connectivity index (χ0n) is 5.87. The van der Waals surface area contributed by atoms with Crippen LogP contribution in [-0.4, -0.2) is 21.4 Å². The molecule has 0 aliphatic carbocycles. The summed E-state index contributed by atoms with van der Waals surface area (Å²) in [6.45, 7) is 3.92. The Bertz CT molecular complexity index is 159. The molecule has 4 nitrogen and oxygen atoms in total. The minimum absolute atomic E-state index is 0.223. The van der Waals surface area contributed by atoms with E-state index in [1.807, 2.05) is 13.8 Å². The molecule has 10 heavy (non-hydrogen) atoms. The van der Waals surface area contributed by atoms with Crippen molar-refractivity contribution in [3.05, 3.63) is 11.4 Å². The van der Waals surface area contributed by atoms with Crippen molar-refractivity contribution in [1.82, 2.24) is 15.7 Å². The first-order chi connectivity index (χ1) is 4.61. The number of halogens is 1. The SMILES string of the molecule is CC(C)N1NN(O)C=C1Cl. The maximum absolute atomic E-state index is 8.84. The van der Waals surface area contributed by atoms with Gasteiger partial charge in [-0.2, -0.15) is 5.17 Å². The first-order valence-corrected chi connectivity index (χ1v) is 3.40. The molecule has 0 fully saturated rings. The molecule has 2 N–H and O–H groups in total. The molecule has 1 heterocycles. The molecule has 0 saturated carbocycles. The van der Waals surface area contributed by atoms with Gasteiger partial charge in [0.25, 0.3) is 0 Å². The van der Waals surface area contributed by atoms with Gasteiger partial charge < -0.3 is 0 Å². The van der Waals surface area contributed by atoms with Crippen molar-refractivity contribution in [1.29, 1.82) is 0 Å². The van der Waals surface area contributed by atoms with Gasteiger partial charge >= 0.3 is 0 Å². The van der Waals surface area contributed by atoms with Gasteiger partial charge in [0.05, 0.1) is 6.20 Å². The predicted octanol–water partition coefficient (Wildman–Crippen LogP) is 0.859. The summed E-state index contributed by atoms with van der Waals surface area (Å²) in [5.41, 5.74) is 2.60. The van der Waals surface area contributed by atoms with Gasteiger partial charge in [0, 0.05) is 6.04 Å². The fraction of sp³-hybridized carbons (Fsp3) is 0.600. The van der Waals surface area contributed by atoms with Crippen molar-refractivity contribution in [2.24, 2.45) is 0 Å². The second-order valence-corrected chi connectivity index (χ2v) is 2.75. The molecule has 1 aliphatic rings. The van der Waals surface area contributed by atoms with E-state index in [1.165, 1.54) is 6.20 Å². The molecule has 0 aromatic carbocycles. The highest BCUT2D eigenvalue weighted by Crippen LogP contribution is 2.15. The molecule has 58 valence electrons. The number of hydroxylamine groups is 1. The summed E-state index contributed by atoms with van der Waals surface area (Å²) < 4.78 is 0. The minimum atomic E-state index is 0.223. The molecule has 5 heteroatoms. The highest BCUT2D eigenvalue weighted by molar-refractivity contribution is 6.29. The first-order valence-electron chi connectivity index (χ1n) is 3.02. The molecule has 1 aliphatic heterocycles. The van der Waals surface area contributed by atoms with Crippen LogP contribution in [0.5, 0.6) is 0 Å². The Balaban J connectivity index is 2.59. The molecular formula is C5H10ClN3O. The van der Waals surface area contributed by atoms with Crippen LogP contribution in [0.1, 0.15) is 13.8 Å². The van der Waals surface area contributed by atoms with Crippen molar-refractivity contribution in [2.45, 2.75) is 19.9 Å². The molecule has 0 atom stereocenters. The molecule has 0 radical (unpaired) electrons. The van der Waals surface area contributed by atoms with Gasteiger partial charge in [0.1, 0.15) is 5.16 Å². The average Bonchev–Trinajstić information content (AvgIpc) is 2.10. The van der Waals surface area contributed by atoms with E-state index in [0.29, 0.717) is 5.16 Å². The van der Waals surface area contributed by atoms with E-state index in [-0.39, 0.29) is 6.04 Å². The van der Waals surface area contributed by atoms with E-state index in [0.717, 1.165) is 5.17 Å². The van der Waals surface area contributed by atoms with Crippen LogP contribution in [-0.2, 0) is 0 Å². The van der Waals surface area contributed by atoms with E-state index in [4.69, 9.17) is 16.8 Å². The third-order valence-corrected chi connectivity index (χ3v) is 1.47. The second-order valence-electron chi connectivity index (χ2n) is 2.36. The first kappa shape index (κ1) is 7.65. The molecule has 0 bridgehead atoms. The Morgan fingerprint density at radius 1 is 1.70 bits per heavy atom. The Labute approximate surface area is 64.6 Å². The van der Waals surface area contributed by atoms with Crippen LogP contribution < -0.4 is 5.53 Å². The zero-order chi connectivity index (χ0) is 7.72. The standard InChI is InChI=1S/C5H10ClN3O/c1-4(2)9-5(6)3-8(10)7-9/h3-4,7,10H,1-2H3. The lowest BCUT2D eigenvalue weighted by Gasteiger charge is -2.23. The molecular weight excluding hydrogens is 154 g/mol. The van der Waals surface area contributed by atoms with Crippen LogP contribution in [0.2, 0.25) is 0 Å². The molecule has 0 unspecified atom stereocenters. The van der Waals surface area contributed by atoms with Crippen molar-refractivity contribution < 1.29 is 5.21 Å². The third kappa shape index (κ3) is 1.34. The van der Waals surface area contributed by atoms with Crippen LogP contribution >= 0.6 is 11.6 Å². The average molecular weight is 164 g/mol. The fourth-order valence-corrected chi connectivity index (χ4v) is 1.04. The van der Waals surface area contributed by atoms with Gasteiger partial charge in [0.2, 0.25) is 0 Å². The third-order valence-electron chi connectivity index (χ3n) is 1.19. The molecule has 0 aromatic rings. The molecule has 0 aromatic heterocycles. The largest absolute Gasteiger partial charge is 0.274 e. The normalized spacial score (nSPS) is 18.7. The fourth-order valence-electron chi connectivity index (χ4n) is 0.712. The quantitative estimate of drug-likeness (QED) is 0.563. The van der Waals surface area contributed by atoms with Gasteiger partial charge in [0.15, 0.2) is 0 Å². The minimum Gasteiger partial charge on any atom is -0.274 e. The van der Waals surface area contributed by atoms with Crippen molar-refractivity contribution in [3.63, 3.8) is 0 Å². The number of rotatable bonds is 1. The highest BCUT2D eigenvalue weighted by atomic mass is 35.5. The van der Waals surface area contributed by atoms with Crippen LogP contribution in [0, 0.1) is 0 Å². The molecule has 1 rings (SSSR count). The number of nitrogens with zero attached hydrogens (tertiary/aromatic N) is 2. The van der Waals surface area contributed by atoms with Crippen LogP contribution in [0.15, 0.2) is 11.4 Å².